The first-order chi connectivity index (χ1) is 8.09. The highest BCUT2D eigenvalue weighted by atomic mass is 35.5. The summed E-state index contributed by atoms with van der Waals surface area (Å²) in [5.74, 6) is 0. The van der Waals surface area contributed by atoms with Crippen LogP contribution < -0.4 is 5.73 Å². The number of aryl methyl sites for hydroxylation is 1. The molecule has 2 N–H and O–H groups in total. The molecule has 1 aliphatic rings. The summed E-state index contributed by atoms with van der Waals surface area (Å²) in [4.78, 5) is 0. The number of hydrogen-bond acceptors (Lipinski definition) is 1. The molecule has 0 bridgehead atoms. The highest BCUT2D eigenvalue weighted by Gasteiger charge is 2.34. The van der Waals surface area contributed by atoms with Crippen LogP contribution >= 0.6 is 11.6 Å². The van der Waals surface area contributed by atoms with E-state index in [0.717, 1.165) is 11.6 Å². The van der Waals surface area contributed by atoms with E-state index in [1.807, 2.05) is 6.07 Å². The van der Waals surface area contributed by atoms with Crippen molar-refractivity contribution in [2.24, 2.45) is 5.73 Å². The Labute approximate surface area is 109 Å². The number of rotatable bonds is 2. The van der Waals surface area contributed by atoms with Gasteiger partial charge in [0.15, 0.2) is 0 Å². The van der Waals surface area contributed by atoms with Crippen molar-refractivity contribution in [1.29, 1.82) is 0 Å². The zero-order valence-electron chi connectivity index (χ0n) is 10.9. The Kier molecular flexibility index (Phi) is 3.79. The summed E-state index contributed by atoms with van der Waals surface area (Å²) in [6, 6.07) is 4.34. The van der Waals surface area contributed by atoms with Crippen LogP contribution in [0, 0.1) is 13.8 Å². The van der Waals surface area contributed by atoms with Crippen molar-refractivity contribution >= 4 is 11.6 Å². The van der Waals surface area contributed by atoms with Crippen LogP contribution in [0.25, 0.3) is 0 Å². The third-order valence-corrected chi connectivity index (χ3v) is 4.65. The van der Waals surface area contributed by atoms with Gasteiger partial charge in [0.25, 0.3) is 0 Å². The molecule has 17 heavy (non-hydrogen) atoms. The molecule has 0 spiro atoms. The molecule has 0 aromatic heterocycles. The van der Waals surface area contributed by atoms with Crippen molar-refractivity contribution in [2.45, 2.75) is 51.4 Å². The molecule has 1 aromatic rings. The van der Waals surface area contributed by atoms with Gasteiger partial charge in [-0.3, -0.25) is 0 Å². The number of halogens is 1. The fraction of sp³-hybridized carbons (Fsp3) is 0.600. The van der Waals surface area contributed by atoms with E-state index in [0.29, 0.717) is 0 Å². The standard InChI is InChI=1S/C15H22ClN/c1-11-8-13(12(2)14(16)9-11)15(10-17)6-4-3-5-7-15/h8-9H,3-7,10,17H2,1-2H3. The average Bonchev–Trinajstić information content (AvgIpc) is 2.34. The summed E-state index contributed by atoms with van der Waals surface area (Å²) < 4.78 is 0. The minimum absolute atomic E-state index is 0.179. The van der Waals surface area contributed by atoms with Gasteiger partial charge < -0.3 is 5.73 Å². The molecule has 0 heterocycles. The van der Waals surface area contributed by atoms with Crippen molar-refractivity contribution in [3.63, 3.8) is 0 Å². The molecular weight excluding hydrogens is 230 g/mol. The van der Waals surface area contributed by atoms with Gasteiger partial charge in [-0.15, -0.1) is 0 Å². The fourth-order valence-corrected chi connectivity index (χ4v) is 3.45. The van der Waals surface area contributed by atoms with Gasteiger partial charge in [0.1, 0.15) is 0 Å². The molecule has 1 nitrogen and oxygen atoms in total. The predicted octanol–water partition coefficient (Wildman–Crippen LogP) is 4.12. The molecule has 0 radical (unpaired) electrons. The normalized spacial score (nSPS) is 19.3. The monoisotopic (exact) mass is 251 g/mol. The Morgan fingerprint density at radius 3 is 2.41 bits per heavy atom. The summed E-state index contributed by atoms with van der Waals surface area (Å²) in [5.41, 5.74) is 10.1. The first-order valence-corrected chi connectivity index (χ1v) is 6.94. The lowest BCUT2D eigenvalue weighted by atomic mass is 9.68. The summed E-state index contributed by atoms with van der Waals surface area (Å²) in [5, 5.41) is 0.887. The zero-order chi connectivity index (χ0) is 12.5. The SMILES string of the molecule is Cc1cc(Cl)c(C)c(C2(CN)CCCCC2)c1. The van der Waals surface area contributed by atoms with Crippen LogP contribution in [-0.2, 0) is 5.41 Å². The van der Waals surface area contributed by atoms with Gasteiger partial charge in [0.2, 0.25) is 0 Å². The highest BCUT2D eigenvalue weighted by molar-refractivity contribution is 6.31. The van der Waals surface area contributed by atoms with Crippen molar-refractivity contribution in [1.82, 2.24) is 0 Å². The minimum Gasteiger partial charge on any atom is -0.330 e. The second-order valence-corrected chi connectivity index (χ2v) is 5.87. The van der Waals surface area contributed by atoms with Crippen LogP contribution in [0.3, 0.4) is 0 Å². The van der Waals surface area contributed by atoms with E-state index in [4.69, 9.17) is 17.3 Å². The van der Waals surface area contributed by atoms with Gasteiger partial charge in [-0.1, -0.05) is 36.9 Å². The second kappa shape index (κ2) is 4.99. The molecule has 94 valence electrons. The van der Waals surface area contributed by atoms with E-state index in [1.54, 1.807) is 0 Å². The number of nitrogens with two attached hydrogens (primary N) is 1. The highest BCUT2D eigenvalue weighted by Crippen LogP contribution is 2.41. The smallest absolute Gasteiger partial charge is 0.0440 e. The van der Waals surface area contributed by atoms with E-state index >= 15 is 0 Å². The molecule has 1 fully saturated rings. The minimum atomic E-state index is 0.179. The summed E-state index contributed by atoms with van der Waals surface area (Å²) in [7, 11) is 0. The van der Waals surface area contributed by atoms with Gasteiger partial charge in [-0.25, -0.2) is 0 Å². The first-order valence-electron chi connectivity index (χ1n) is 6.56. The van der Waals surface area contributed by atoms with Crippen molar-refractivity contribution in [3.05, 3.63) is 33.8 Å². The van der Waals surface area contributed by atoms with Gasteiger partial charge in [0, 0.05) is 17.0 Å². The molecule has 0 aliphatic heterocycles. The van der Waals surface area contributed by atoms with Crippen LogP contribution in [0.1, 0.15) is 48.8 Å². The maximum atomic E-state index is 6.32. The van der Waals surface area contributed by atoms with Crippen LogP contribution in [-0.4, -0.2) is 6.54 Å². The van der Waals surface area contributed by atoms with Crippen LogP contribution in [0.2, 0.25) is 5.02 Å². The maximum Gasteiger partial charge on any atom is 0.0440 e. The Bertz CT molecular complexity index is 406. The molecule has 0 amide bonds. The quantitative estimate of drug-likeness (QED) is 0.841. The van der Waals surface area contributed by atoms with E-state index in [-0.39, 0.29) is 5.41 Å². The fourth-order valence-electron chi connectivity index (χ4n) is 3.18. The molecule has 2 rings (SSSR count). The third kappa shape index (κ3) is 2.36. The lowest BCUT2D eigenvalue weighted by Crippen LogP contribution is -2.37. The van der Waals surface area contributed by atoms with E-state index < -0.39 is 0 Å². The van der Waals surface area contributed by atoms with Crippen LogP contribution in [0.15, 0.2) is 12.1 Å². The Hall–Kier alpha value is -0.530. The lowest BCUT2D eigenvalue weighted by molar-refractivity contribution is 0.299. The summed E-state index contributed by atoms with van der Waals surface area (Å²) in [6.07, 6.45) is 6.36. The number of benzene rings is 1. The van der Waals surface area contributed by atoms with Crippen LogP contribution in [0.4, 0.5) is 0 Å². The molecule has 1 saturated carbocycles. The lowest BCUT2D eigenvalue weighted by Gasteiger charge is -2.38. The van der Waals surface area contributed by atoms with Crippen molar-refractivity contribution in [3.8, 4) is 0 Å². The van der Waals surface area contributed by atoms with E-state index in [2.05, 4.69) is 19.9 Å². The largest absolute Gasteiger partial charge is 0.330 e. The molecule has 0 unspecified atom stereocenters. The third-order valence-electron chi connectivity index (χ3n) is 4.26. The molecule has 1 aromatic carbocycles. The Morgan fingerprint density at radius 2 is 1.82 bits per heavy atom. The molecular formula is C15H22ClN. The second-order valence-electron chi connectivity index (χ2n) is 5.46. The van der Waals surface area contributed by atoms with Crippen molar-refractivity contribution < 1.29 is 0 Å². The molecule has 2 heteroatoms. The Balaban J connectivity index is 2.49. The molecule has 0 atom stereocenters. The topological polar surface area (TPSA) is 26.0 Å². The van der Waals surface area contributed by atoms with Crippen LogP contribution in [0.5, 0.6) is 0 Å². The maximum absolute atomic E-state index is 6.32. The average molecular weight is 252 g/mol. The van der Waals surface area contributed by atoms with Crippen molar-refractivity contribution in [2.75, 3.05) is 6.54 Å². The zero-order valence-corrected chi connectivity index (χ0v) is 11.6. The van der Waals surface area contributed by atoms with Gasteiger partial charge >= 0.3 is 0 Å². The van der Waals surface area contributed by atoms with Gasteiger partial charge in [-0.2, -0.15) is 0 Å². The molecule has 1 aliphatic carbocycles. The summed E-state index contributed by atoms with van der Waals surface area (Å²) in [6.45, 7) is 4.98. The number of hydrogen-bond donors (Lipinski definition) is 1. The predicted molar refractivity (Wildman–Crippen MR) is 74.7 cm³/mol. The van der Waals surface area contributed by atoms with Gasteiger partial charge in [0.05, 0.1) is 0 Å². The first kappa shape index (κ1) is 12.9. The molecule has 0 saturated heterocycles. The van der Waals surface area contributed by atoms with E-state index in [9.17, 15) is 0 Å². The summed E-state index contributed by atoms with van der Waals surface area (Å²) >= 11 is 6.32. The van der Waals surface area contributed by atoms with E-state index in [1.165, 1.54) is 48.8 Å². The Morgan fingerprint density at radius 1 is 1.18 bits per heavy atom. The van der Waals surface area contributed by atoms with Gasteiger partial charge in [-0.05, 0) is 49.4 Å².